The molecule has 1 aromatic carbocycles. The van der Waals surface area contributed by atoms with E-state index in [9.17, 15) is 14.4 Å². The predicted molar refractivity (Wildman–Crippen MR) is 114 cm³/mol. The van der Waals surface area contributed by atoms with Crippen LogP contribution in [0, 0.1) is 5.92 Å². The van der Waals surface area contributed by atoms with Crippen molar-refractivity contribution in [3.05, 3.63) is 52.2 Å². The maximum atomic E-state index is 12.5. The smallest absolute Gasteiger partial charge is 0.262 e. The van der Waals surface area contributed by atoms with Crippen molar-refractivity contribution in [1.82, 2.24) is 16.2 Å². The van der Waals surface area contributed by atoms with Gasteiger partial charge in [0.25, 0.3) is 17.7 Å². The van der Waals surface area contributed by atoms with E-state index in [2.05, 4.69) is 22.2 Å². The first-order valence-corrected chi connectivity index (χ1v) is 10.6. The van der Waals surface area contributed by atoms with E-state index >= 15 is 0 Å². The van der Waals surface area contributed by atoms with E-state index in [4.69, 9.17) is 0 Å². The van der Waals surface area contributed by atoms with Gasteiger partial charge >= 0.3 is 0 Å². The normalized spacial score (nSPS) is 14.1. The molecule has 0 saturated heterocycles. The van der Waals surface area contributed by atoms with Crippen molar-refractivity contribution in [3.63, 3.8) is 0 Å². The topological polar surface area (TPSA) is 90.5 Å². The van der Waals surface area contributed by atoms with Crippen molar-refractivity contribution in [2.75, 3.05) is 18.0 Å². The summed E-state index contributed by atoms with van der Waals surface area (Å²) >= 11 is 1.31. The molecule has 0 aliphatic carbocycles. The fourth-order valence-corrected chi connectivity index (χ4v) is 3.98. The number of para-hydroxylation sites is 1. The van der Waals surface area contributed by atoms with Crippen LogP contribution in [0.15, 0.2) is 41.8 Å². The Hall–Kier alpha value is -2.87. The number of benzene rings is 1. The number of hydrazine groups is 1. The SMILES string of the molecule is CC(C)[C@H](NC(=O)c1cccs1)C(=O)NNC(=O)CN1CCCc2ccccc21. The molecule has 0 fully saturated rings. The molecule has 1 aromatic heterocycles. The van der Waals surface area contributed by atoms with Gasteiger partial charge in [-0.15, -0.1) is 11.3 Å². The average molecular weight is 415 g/mol. The third kappa shape index (κ3) is 5.35. The number of nitrogens with zero attached hydrogens (tertiary/aromatic N) is 1. The highest BCUT2D eigenvalue weighted by Crippen LogP contribution is 2.26. The highest BCUT2D eigenvalue weighted by Gasteiger charge is 2.26. The number of hydrogen-bond acceptors (Lipinski definition) is 5. The average Bonchev–Trinajstić information content (AvgIpc) is 3.25. The number of aryl methyl sites for hydroxylation is 1. The molecule has 3 N–H and O–H groups in total. The Morgan fingerprint density at radius 1 is 1.10 bits per heavy atom. The van der Waals surface area contributed by atoms with Gasteiger partial charge in [-0.2, -0.15) is 0 Å². The molecule has 1 aliphatic heterocycles. The fourth-order valence-electron chi connectivity index (χ4n) is 3.35. The molecule has 154 valence electrons. The third-order valence-electron chi connectivity index (χ3n) is 4.85. The van der Waals surface area contributed by atoms with Gasteiger partial charge in [0.15, 0.2) is 0 Å². The van der Waals surface area contributed by atoms with Crippen LogP contribution in [0.25, 0.3) is 0 Å². The first-order chi connectivity index (χ1) is 14.0. The van der Waals surface area contributed by atoms with Gasteiger partial charge in [0.2, 0.25) is 0 Å². The molecule has 0 radical (unpaired) electrons. The fraction of sp³-hybridized carbons (Fsp3) is 0.381. The highest BCUT2D eigenvalue weighted by atomic mass is 32.1. The lowest BCUT2D eigenvalue weighted by Crippen LogP contribution is -2.55. The van der Waals surface area contributed by atoms with Crippen molar-refractivity contribution in [2.45, 2.75) is 32.7 Å². The van der Waals surface area contributed by atoms with E-state index in [1.807, 2.05) is 36.9 Å². The summed E-state index contributed by atoms with van der Waals surface area (Å²) in [5.41, 5.74) is 7.21. The minimum Gasteiger partial charge on any atom is -0.362 e. The zero-order chi connectivity index (χ0) is 20.8. The van der Waals surface area contributed by atoms with E-state index < -0.39 is 11.9 Å². The van der Waals surface area contributed by atoms with Gasteiger partial charge < -0.3 is 10.2 Å². The van der Waals surface area contributed by atoms with Gasteiger partial charge in [-0.25, -0.2) is 0 Å². The van der Waals surface area contributed by atoms with E-state index in [-0.39, 0.29) is 24.3 Å². The number of amides is 3. The van der Waals surface area contributed by atoms with E-state index in [0.29, 0.717) is 4.88 Å². The lowest BCUT2D eigenvalue weighted by Gasteiger charge is -2.30. The number of anilines is 1. The highest BCUT2D eigenvalue weighted by molar-refractivity contribution is 7.12. The number of thiophene rings is 1. The number of nitrogens with one attached hydrogen (secondary N) is 3. The largest absolute Gasteiger partial charge is 0.362 e. The molecular weight excluding hydrogens is 388 g/mol. The molecule has 3 rings (SSSR count). The van der Waals surface area contributed by atoms with E-state index in [0.717, 1.165) is 25.1 Å². The lowest BCUT2D eigenvalue weighted by atomic mass is 10.0. The van der Waals surface area contributed by atoms with Gasteiger partial charge in [-0.1, -0.05) is 38.1 Å². The second-order valence-electron chi connectivity index (χ2n) is 7.36. The summed E-state index contributed by atoms with van der Waals surface area (Å²) in [5, 5.41) is 4.54. The summed E-state index contributed by atoms with van der Waals surface area (Å²) in [4.78, 5) is 39.7. The van der Waals surface area contributed by atoms with Crippen LogP contribution in [0.5, 0.6) is 0 Å². The first-order valence-electron chi connectivity index (χ1n) is 9.71. The zero-order valence-electron chi connectivity index (χ0n) is 16.6. The molecule has 2 aromatic rings. The molecule has 0 spiro atoms. The Kier molecular flexibility index (Phi) is 6.87. The van der Waals surface area contributed by atoms with Crippen LogP contribution in [0.1, 0.15) is 35.5 Å². The summed E-state index contributed by atoms with van der Waals surface area (Å²) in [6.45, 7) is 4.63. The van der Waals surface area contributed by atoms with Crippen molar-refractivity contribution in [2.24, 2.45) is 5.92 Å². The standard InChI is InChI=1S/C21H26N4O3S/c1-14(2)19(22-20(27)17-10-6-12-29-17)21(28)24-23-18(26)13-25-11-5-8-15-7-3-4-9-16(15)25/h3-4,6-7,9-10,12,14,19H,5,8,11,13H2,1-2H3,(H,22,27)(H,23,26)(H,24,28)/t19-/m0/s1. The predicted octanol–water partition coefficient (Wildman–Crippen LogP) is 2.10. The molecule has 0 bridgehead atoms. The van der Waals surface area contributed by atoms with E-state index in [1.54, 1.807) is 17.5 Å². The van der Waals surface area contributed by atoms with Crippen molar-refractivity contribution in [1.29, 1.82) is 0 Å². The molecule has 8 heteroatoms. The minimum atomic E-state index is -0.749. The van der Waals surface area contributed by atoms with Gasteiger partial charge in [-0.3, -0.25) is 25.2 Å². The Bertz CT molecular complexity index is 867. The number of rotatable bonds is 6. The molecule has 29 heavy (non-hydrogen) atoms. The quantitative estimate of drug-likeness (QED) is 0.632. The molecule has 7 nitrogen and oxygen atoms in total. The van der Waals surface area contributed by atoms with Crippen molar-refractivity contribution in [3.8, 4) is 0 Å². The van der Waals surface area contributed by atoms with Crippen LogP contribution < -0.4 is 21.1 Å². The van der Waals surface area contributed by atoms with Crippen LogP contribution in [0.2, 0.25) is 0 Å². The molecule has 0 unspecified atom stereocenters. The molecule has 0 saturated carbocycles. The Morgan fingerprint density at radius 2 is 1.90 bits per heavy atom. The number of fused-ring (bicyclic) bond motifs is 1. The van der Waals surface area contributed by atoms with Crippen LogP contribution in [0.4, 0.5) is 5.69 Å². The summed E-state index contributed by atoms with van der Waals surface area (Å²) in [6.07, 6.45) is 1.99. The van der Waals surface area contributed by atoms with Crippen LogP contribution >= 0.6 is 11.3 Å². The number of carbonyl (C=O) groups is 3. The maximum absolute atomic E-state index is 12.5. The van der Waals surface area contributed by atoms with Crippen LogP contribution in [-0.2, 0) is 16.0 Å². The van der Waals surface area contributed by atoms with Crippen molar-refractivity contribution >= 4 is 34.7 Å². The lowest BCUT2D eigenvalue weighted by molar-refractivity contribution is -0.130. The van der Waals surface area contributed by atoms with Crippen LogP contribution in [-0.4, -0.2) is 36.9 Å². The number of hydrogen-bond donors (Lipinski definition) is 3. The van der Waals surface area contributed by atoms with Gasteiger partial charge in [0.1, 0.15) is 6.04 Å². The molecule has 2 heterocycles. The molecule has 3 amide bonds. The second kappa shape index (κ2) is 9.56. The summed E-state index contributed by atoms with van der Waals surface area (Å²) in [5.74, 6) is -1.19. The Balaban J connectivity index is 1.53. The van der Waals surface area contributed by atoms with Crippen molar-refractivity contribution < 1.29 is 14.4 Å². The Morgan fingerprint density at radius 3 is 2.62 bits per heavy atom. The second-order valence-corrected chi connectivity index (χ2v) is 8.31. The summed E-state index contributed by atoms with van der Waals surface area (Å²) in [6, 6.07) is 10.8. The zero-order valence-corrected chi connectivity index (χ0v) is 17.4. The third-order valence-corrected chi connectivity index (χ3v) is 5.72. The Labute approximate surface area is 174 Å². The first kappa shape index (κ1) is 20.9. The molecule has 1 aliphatic rings. The van der Waals surface area contributed by atoms with Gasteiger partial charge in [0, 0.05) is 12.2 Å². The molecule has 1 atom stereocenters. The minimum absolute atomic E-state index is 0.134. The summed E-state index contributed by atoms with van der Waals surface area (Å²) in [7, 11) is 0. The van der Waals surface area contributed by atoms with Crippen LogP contribution in [0.3, 0.4) is 0 Å². The maximum Gasteiger partial charge on any atom is 0.262 e. The van der Waals surface area contributed by atoms with Gasteiger partial charge in [0.05, 0.1) is 11.4 Å². The number of carbonyl (C=O) groups excluding carboxylic acids is 3. The summed E-state index contributed by atoms with van der Waals surface area (Å²) < 4.78 is 0. The monoisotopic (exact) mass is 414 g/mol. The van der Waals surface area contributed by atoms with E-state index in [1.165, 1.54) is 16.9 Å². The molecular formula is C21H26N4O3S. The van der Waals surface area contributed by atoms with Gasteiger partial charge in [-0.05, 0) is 41.8 Å².